The van der Waals surface area contributed by atoms with Crippen molar-refractivity contribution in [3.05, 3.63) is 65.2 Å². The number of nitrogens with one attached hydrogen (secondary N) is 1. The Balaban J connectivity index is 1.31. The highest BCUT2D eigenvalue weighted by molar-refractivity contribution is 7.92. The first-order valence-corrected chi connectivity index (χ1v) is 18.2. The Hall–Kier alpha value is -4.16. The summed E-state index contributed by atoms with van der Waals surface area (Å²) in [6.45, 7) is 7.34. The van der Waals surface area contributed by atoms with E-state index in [9.17, 15) is 8.42 Å². The largest absolute Gasteiger partial charge is 0.452 e. The Kier molecular flexibility index (Phi) is 7.59. The lowest BCUT2D eigenvalue weighted by Crippen LogP contribution is -2.17. The van der Waals surface area contributed by atoms with Gasteiger partial charge in [-0.25, -0.2) is 13.4 Å². The Morgan fingerprint density at radius 3 is 2.66 bits per heavy atom. The molecule has 0 amide bonds. The van der Waals surface area contributed by atoms with E-state index in [-0.39, 0.29) is 34.4 Å². The molecular formula is C35H38N6O5S. The van der Waals surface area contributed by atoms with Crippen LogP contribution in [0.3, 0.4) is 0 Å². The van der Waals surface area contributed by atoms with Crippen molar-refractivity contribution in [1.29, 1.82) is 0 Å². The van der Waals surface area contributed by atoms with Gasteiger partial charge in [0.25, 0.3) is 0 Å². The zero-order valence-corrected chi connectivity index (χ0v) is 27.6. The topological polar surface area (TPSA) is 146 Å². The Morgan fingerprint density at radius 2 is 1.87 bits per heavy atom. The molecule has 8 rings (SSSR count). The highest BCUT2D eigenvalue weighted by Crippen LogP contribution is 2.49. The Morgan fingerprint density at radius 1 is 1.02 bits per heavy atom. The maximum Gasteiger partial charge on any atom is 0.250 e. The van der Waals surface area contributed by atoms with E-state index in [1.807, 2.05) is 24.4 Å². The van der Waals surface area contributed by atoms with Gasteiger partial charge >= 0.3 is 0 Å². The van der Waals surface area contributed by atoms with Gasteiger partial charge in [0, 0.05) is 49.5 Å². The SMILES string of the molecule is Cc1nnc(-c2c(CCC3CCOCC3)nc3c(c2-c2cc4ccnc(N[C@H]5CCc6ncccc65)c4o2)S(=O)(=O)CC3C(C)C)o1. The summed E-state index contributed by atoms with van der Waals surface area (Å²) >= 11 is 0. The number of nitrogens with zero attached hydrogens (tertiary/aromatic N) is 5. The minimum Gasteiger partial charge on any atom is -0.452 e. The third kappa shape index (κ3) is 5.41. The van der Waals surface area contributed by atoms with Crippen molar-refractivity contribution in [2.45, 2.75) is 76.2 Å². The number of pyridine rings is 3. The van der Waals surface area contributed by atoms with E-state index >= 15 is 0 Å². The molecule has 1 aliphatic carbocycles. The number of aromatic nitrogens is 5. The van der Waals surface area contributed by atoms with Crippen LogP contribution in [0.25, 0.3) is 33.7 Å². The van der Waals surface area contributed by atoms with Crippen molar-refractivity contribution >= 4 is 26.6 Å². The van der Waals surface area contributed by atoms with E-state index in [1.54, 1.807) is 13.1 Å². The third-order valence-electron chi connectivity index (χ3n) is 9.95. The van der Waals surface area contributed by atoms with Gasteiger partial charge in [0.1, 0.15) is 10.7 Å². The summed E-state index contributed by atoms with van der Waals surface area (Å²) in [5, 5.41) is 12.9. The van der Waals surface area contributed by atoms with E-state index < -0.39 is 9.84 Å². The van der Waals surface area contributed by atoms with Gasteiger partial charge in [0.2, 0.25) is 11.8 Å². The molecule has 1 fully saturated rings. The summed E-state index contributed by atoms with van der Waals surface area (Å²) in [6.07, 6.45) is 8.85. The molecule has 11 nitrogen and oxygen atoms in total. The molecule has 0 saturated carbocycles. The van der Waals surface area contributed by atoms with Crippen LogP contribution in [0, 0.1) is 18.8 Å². The Bertz CT molecular complexity index is 2080. The number of aryl methyl sites for hydroxylation is 3. The maximum absolute atomic E-state index is 14.1. The van der Waals surface area contributed by atoms with Gasteiger partial charge < -0.3 is 18.9 Å². The molecule has 47 heavy (non-hydrogen) atoms. The van der Waals surface area contributed by atoms with Gasteiger partial charge in [-0.05, 0) is 74.1 Å². The van der Waals surface area contributed by atoms with Crippen molar-refractivity contribution in [1.82, 2.24) is 25.1 Å². The molecule has 2 aliphatic heterocycles. The number of anilines is 1. The third-order valence-corrected chi connectivity index (χ3v) is 11.8. The van der Waals surface area contributed by atoms with Crippen LogP contribution in [-0.2, 0) is 27.4 Å². The van der Waals surface area contributed by atoms with E-state index in [1.165, 1.54) is 0 Å². The van der Waals surface area contributed by atoms with E-state index in [4.69, 9.17) is 18.6 Å². The summed E-state index contributed by atoms with van der Waals surface area (Å²) in [5.41, 5.74) is 5.12. The van der Waals surface area contributed by atoms with Crippen LogP contribution in [-0.4, -0.2) is 52.5 Å². The van der Waals surface area contributed by atoms with Gasteiger partial charge in [0.05, 0.1) is 34.3 Å². The van der Waals surface area contributed by atoms with Gasteiger partial charge in [0.15, 0.2) is 21.2 Å². The lowest BCUT2D eigenvalue weighted by atomic mass is 9.89. The molecule has 0 bridgehead atoms. The van der Waals surface area contributed by atoms with Crippen LogP contribution in [0.2, 0.25) is 0 Å². The molecule has 2 atom stereocenters. The molecule has 0 radical (unpaired) electrons. The van der Waals surface area contributed by atoms with Crippen LogP contribution in [0.1, 0.15) is 80.0 Å². The van der Waals surface area contributed by atoms with E-state index in [2.05, 4.69) is 45.4 Å². The normalized spacial score (nSPS) is 20.6. The van der Waals surface area contributed by atoms with Crippen molar-refractivity contribution in [3.63, 3.8) is 0 Å². The second kappa shape index (κ2) is 11.8. The standard InChI is InChI=1S/C35H38N6O5S/c1-19(2)24-18-47(42,43)33-30(29(35-41-40-20(3)45-35)27(38-31(24)33)7-6-21-11-15-44-16-12-21)28-17-22-10-14-37-34(32(22)46-28)39-26-9-8-25-23(26)5-4-13-36-25/h4-5,10,13-14,17,19,21,24,26H,6-9,11-12,15-16,18H2,1-3H3,(H,37,39)/t24?,26-/m0/s1. The first kappa shape index (κ1) is 30.2. The second-order valence-electron chi connectivity index (χ2n) is 13.3. The average Bonchev–Trinajstić information content (AvgIpc) is 3.85. The quantitative estimate of drug-likeness (QED) is 0.192. The number of ether oxygens (including phenoxy) is 1. The van der Waals surface area contributed by atoms with Crippen molar-refractivity contribution in [3.8, 4) is 22.8 Å². The highest BCUT2D eigenvalue weighted by Gasteiger charge is 2.43. The first-order valence-electron chi connectivity index (χ1n) is 16.5. The van der Waals surface area contributed by atoms with Crippen molar-refractivity contribution in [2.24, 2.45) is 11.8 Å². The van der Waals surface area contributed by atoms with Gasteiger partial charge in [-0.1, -0.05) is 19.9 Å². The van der Waals surface area contributed by atoms with Crippen LogP contribution in [0.4, 0.5) is 5.82 Å². The number of hydrogen-bond acceptors (Lipinski definition) is 11. The molecule has 0 spiro atoms. The summed E-state index contributed by atoms with van der Waals surface area (Å²) < 4.78 is 46.5. The Labute approximate surface area is 273 Å². The van der Waals surface area contributed by atoms with Gasteiger partial charge in [-0.3, -0.25) is 9.97 Å². The molecule has 5 aromatic rings. The zero-order chi connectivity index (χ0) is 32.3. The first-order chi connectivity index (χ1) is 22.8. The smallest absolute Gasteiger partial charge is 0.250 e. The molecule has 7 heterocycles. The summed E-state index contributed by atoms with van der Waals surface area (Å²) in [4.78, 5) is 14.6. The fourth-order valence-corrected chi connectivity index (χ4v) is 9.66. The van der Waals surface area contributed by atoms with Crippen LogP contribution < -0.4 is 5.32 Å². The number of fused-ring (bicyclic) bond motifs is 3. The molecule has 0 aromatic carbocycles. The number of furan rings is 1. The molecule has 12 heteroatoms. The predicted octanol–water partition coefficient (Wildman–Crippen LogP) is 6.63. The summed E-state index contributed by atoms with van der Waals surface area (Å²) in [7, 11) is -3.72. The lowest BCUT2D eigenvalue weighted by molar-refractivity contribution is 0.0639. The lowest BCUT2D eigenvalue weighted by Gasteiger charge is -2.23. The molecule has 5 aromatic heterocycles. The summed E-state index contributed by atoms with van der Waals surface area (Å²) in [5.74, 6) is 1.95. The van der Waals surface area contributed by atoms with E-state index in [0.29, 0.717) is 52.2 Å². The van der Waals surface area contributed by atoms with Crippen molar-refractivity contribution in [2.75, 3.05) is 24.3 Å². The number of rotatable bonds is 8. The van der Waals surface area contributed by atoms with E-state index in [0.717, 1.165) is 67.7 Å². The number of hydrogen-bond donors (Lipinski definition) is 1. The molecular weight excluding hydrogens is 616 g/mol. The molecule has 1 saturated heterocycles. The fraction of sp³-hybridized carbons (Fsp3) is 0.457. The fourth-order valence-electron chi connectivity index (χ4n) is 7.45. The number of sulfone groups is 1. The second-order valence-corrected chi connectivity index (χ2v) is 15.3. The predicted molar refractivity (Wildman–Crippen MR) is 176 cm³/mol. The van der Waals surface area contributed by atoms with Gasteiger partial charge in [-0.2, -0.15) is 0 Å². The minimum atomic E-state index is -3.72. The van der Waals surface area contributed by atoms with Crippen LogP contribution >= 0.6 is 0 Å². The maximum atomic E-state index is 14.1. The molecule has 244 valence electrons. The minimum absolute atomic E-state index is 0.00453. The molecule has 3 aliphatic rings. The monoisotopic (exact) mass is 654 g/mol. The highest BCUT2D eigenvalue weighted by atomic mass is 32.2. The average molecular weight is 655 g/mol. The van der Waals surface area contributed by atoms with Crippen LogP contribution in [0.15, 0.2) is 50.4 Å². The van der Waals surface area contributed by atoms with Crippen LogP contribution in [0.5, 0.6) is 0 Å². The van der Waals surface area contributed by atoms with Gasteiger partial charge in [-0.15, -0.1) is 10.2 Å². The molecule has 1 N–H and O–H groups in total. The van der Waals surface area contributed by atoms with Crippen molar-refractivity contribution < 1.29 is 22.0 Å². The summed E-state index contributed by atoms with van der Waals surface area (Å²) in [6, 6.07) is 7.86. The molecule has 1 unspecified atom stereocenters. The zero-order valence-electron chi connectivity index (χ0n) is 26.8.